The Balaban J connectivity index is 1.13. The van der Waals surface area contributed by atoms with E-state index in [1.807, 2.05) is 0 Å². The SMILES string of the molecule is Cc1cc(C(C)(C)C)ccc1N1c2cc3c(cc2B2c4cc5c(cc4N(c4ccc6c(c4)C(C)(C)CCC6(C)C)c4cc(N(c6ccc7c(c6)C(C)(C)CCC7(C)C)c6cccc7c6oc6ccccc67)cc1c42)C(C)(C)CCC5(C)C)C(C)(C)CCC3(C)C. The number of fused-ring (bicyclic) bond motifs is 11. The second kappa shape index (κ2) is 19.1. The first-order chi connectivity index (χ1) is 42.1. The zero-order valence-electron chi connectivity index (χ0n) is 58.2. The molecule has 0 N–H and O–H groups in total. The van der Waals surface area contributed by atoms with Gasteiger partial charge in [0.25, 0.3) is 6.71 Å². The summed E-state index contributed by atoms with van der Waals surface area (Å²) >= 11 is 0. The number of nitrogens with zero attached hydrogens (tertiary/aromatic N) is 3. The zero-order chi connectivity index (χ0) is 63.7. The van der Waals surface area contributed by atoms with Crippen LogP contribution in [0.5, 0.6) is 0 Å². The van der Waals surface area contributed by atoms with Gasteiger partial charge >= 0.3 is 0 Å². The van der Waals surface area contributed by atoms with Crippen LogP contribution in [-0.4, -0.2) is 6.71 Å². The minimum atomic E-state index is -0.0694. The number of aryl methyl sites for hydroxylation is 1. The van der Waals surface area contributed by atoms with Crippen molar-refractivity contribution in [1.82, 2.24) is 0 Å². The first kappa shape index (κ1) is 59.3. The molecule has 8 aromatic carbocycles. The molecule has 462 valence electrons. The number of benzene rings is 8. The molecule has 5 heteroatoms. The largest absolute Gasteiger partial charge is 0.454 e. The van der Waals surface area contributed by atoms with Crippen LogP contribution in [0.1, 0.15) is 239 Å². The molecule has 0 saturated heterocycles. The predicted octanol–water partition coefficient (Wildman–Crippen LogP) is 22.1. The Morgan fingerprint density at radius 2 is 0.844 bits per heavy atom. The van der Waals surface area contributed by atoms with Gasteiger partial charge in [-0.05, 0) is 246 Å². The Morgan fingerprint density at radius 3 is 1.38 bits per heavy atom. The maximum absolute atomic E-state index is 7.22. The third kappa shape index (κ3) is 8.79. The van der Waals surface area contributed by atoms with E-state index in [1.165, 1.54) is 113 Å². The van der Waals surface area contributed by atoms with Crippen molar-refractivity contribution in [2.24, 2.45) is 0 Å². The van der Waals surface area contributed by atoms with Gasteiger partial charge < -0.3 is 19.1 Å². The maximum Gasteiger partial charge on any atom is 0.252 e. The molecule has 0 spiro atoms. The molecule has 0 saturated carbocycles. The van der Waals surface area contributed by atoms with Crippen molar-refractivity contribution in [3.63, 3.8) is 0 Å². The van der Waals surface area contributed by atoms with E-state index < -0.39 is 0 Å². The van der Waals surface area contributed by atoms with Gasteiger partial charge in [0.05, 0.1) is 11.4 Å². The molecule has 0 radical (unpaired) electrons. The van der Waals surface area contributed by atoms with Crippen LogP contribution in [0.3, 0.4) is 0 Å². The average molecular weight is 1190 g/mol. The average Bonchev–Trinajstić information content (AvgIpc) is 0.756. The van der Waals surface area contributed by atoms with E-state index in [1.54, 1.807) is 0 Å². The smallest absolute Gasteiger partial charge is 0.252 e. The zero-order valence-corrected chi connectivity index (χ0v) is 58.2. The van der Waals surface area contributed by atoms with Crippen LogP contribution in [0.4, 0.5) is 51.2 Å². The third-order valence-electron chi connectivity index (χ3n) is 24.4. The van der Waals surface area contributed by atoms with E-state index in [4.69, 9.17) is 4.42 Å². The summed E-state index contributed by atoms with van der Waals surface area (Å²) in [5, 5.41) is 2.26. The van der Waals surface area contributed by atoms with Gasteiger partial charge in [0.1, 0.15) is 5.58 Å². The lowest BCUT2D eigenvalue weighted by Gasteiger charge is -2.49. The molecule has 2 aliphatic heterocycles. The molecule has 0 atom stereocenters. The van der Waals surface area contributed by atoms with Gasteiger partial charge in [0.15, 0.2) is 5.58 Å². The molecule has 3 heterocycles. The van der Waals surface area contributed by atoms with Crippen molar-refractivity contribution in [3.8, 4) is 0 Å². The molecule has 6 aliphatic rings. The highest BCUT2D eigenvalue weighted by atomic mass is 16.3. The van der Waals surface area contributed by atoms with E-state index in [0.717, 1.165) is 83.9 Å². The van der Waals surface area contributed by atoms with E-state index in [2.05, 4.69) is 287 Å². The van der Waals surface area contributed by atoms with Gasteiger partial charge in [-0.1, -0.05) is 198 Å². The first-order valence-corrected chi connectivity index (χ1v) is 34.4. The standard InChI is InChI=1S/C85H98BN3O/c1-51-42-52(77(2,3)4)28-33-68(51)89-71-50-65-63(83(15,16)39-41-85(65,19)20)48-67(71)86-66-47-62-64(84(17,18)40-38-82(62,13)14)49-70(66)88(54-30-32-59-61(44-54)81(11,12)37-35-79(59,7)8)72-45-55(46-73(89)75(72)86)87(53-29-31-58-60(43-53)80(9,10)36-34-78(58,5)6)69-26-23-25-57-56-24-21-22-27-74(56)90-76(57)69/h21-33,42-50H,34-41H2,1-20H3. The number of hydrogen-bond acceptors (Lipinski definition) is 4. The highest BCUT2D eigenvalue weighted by Crippen LogP contribution is 2.57. The molecule has 0 fully saturated rings. The number of anilines is 9. The predicted molar refractivity (Wildman–Crippen MR) is 387 cm³/mol. The monoisotopic (exact) mass is 1190 g/mol. The van der Waals surface area contributed by atoms with Crippen molar-refractivity contribution >= 4 is 96.2 Å². The van der Waals surface area contributed by atoms with Crippen LogP contribution in [0.15, 0.2) is 138 Å². The van der Waals surface area contributed by atoms with Crippen molar-refractivity contribution in [2.75, 3.05) is 14.7 Å². The van der Waals surface area contributed by atoms with Crippen LogP contribution in [-0.2, 0) is 48.7 Å². The lowest BCUT2D eigenvalue weighted by atomic mass is 9.32. The minimum absolute atomic E-state index is 0.00578. The second-order valence-corrected chi connectivity index (χ2v) is 35.3. The van der Waals surface area contributed by atoms with Crippen molar-refractivity contribution in [3.05, 3.63) is 189 Å². The van der Waals surface area contributed by atoms with Crippen LogP contribution < -0.4 is 31.1 Å². The number of furan rings is 1. The van der Waals surface area contributed by atoms with Gasteiger partial charge in [-0.15, -0.1) is 0 Å². The Labute approximate surface area is 540 Å². The maximum atomic E-state index is 7.22. The fourth-order valence-electron chi connectivity index (χ4n) is 17.9. The van der Waals surface area contributed by atoms with E-state index in [9.17, 15) is 0 Å². The highest BCUT2D eigenvalue weighted by molar-refractivity contribution is 7.00. The molecular formula is C85H98BN3O. The topological polar surface area (TPSA) is 22.9 Å². The lowest BCUT2D eigenvalue weighted by Crippen LogP contribution is -2.62. The van der Waals surface area contributed by atoms with Gasteiger partial charge in [-0.3, -0.25) is 0 Å². The van der Waals surface area contributed by atoms with Crippen molar-refractivity contribution in [2.45, 2.75) is 239 Å². The summed E-state index contributed by atoms with van der Waals surface area (Å²) in [4.78, 5) is 8.12. The minimum Gasteiger partial charge on any atom is -0.454 e. The summed E-state index contributed by atoms with van der Waals surface area (Å²) in [7, 11) is 0. The fraction of sp³-hybridized carbons (Fsp3) is 0.435. The van der Waals surface area contributed by atoms with Crippen molar-refractivity contribution in [1.29, 1.82) is 0 Å². The summed E-state index contributed by atoms with van der Waals surface area (Å²) in [5.41, 5.74) is 31.2. The molecule has 1 aromatic heterocycles. The second-order valence-electron chi connectivity index (χ2n) is 35.3. The van der Waals surface area contributed by atoms with Gasteiger partial charge in [0, 0.05) is 50.6 Å². The normalized spacial score (nSPS) is 20.5. The Bertz CT molecular complexity index is 4530. The summed E-state index contributed by atoms with van der Waals surface area (Å²) in [6, 6.07) is 54.1. The van der Waals surface area contributed by atoms with Crippen LogP contribution in [0, 0.1) is 6.92 Å². The Kier molecular flexibility index (Phi) is 12.6. The van der Waals surface area contributed by atoms with Crippen LogP contribution >= 0.6 is 0 Å². The quantitative estimate of drug-likeness (QED) is 0.160. The summed E-state index contributed by atoms with van der Waals surface area (Å²) in [6.45, 7) is 49.3. The Hall–Kier alpha value is -6.98. The number of rotatable bonds is 5. The van der Waals surface area contributed by atoms with Gasteiger partial charge in [-0.25, -0.2) is 0 Å². The fourth-order valence-corrected chi connectivity index (χ4v) is 17.9. The molecule has 0 amide bonds. The molecule has 4 aliphatic carbocycles. The number of hydrogen-bond donors (Lipinski definition) is 0. The van der Waals surface area contributed by atoms with Gasteiger partial charge in [-0.2, -0.15) is 0 Å². The lowest BCUT2D eigenvalue weighted by molar-refractivity contribution is 0.332. The Morgan fingerprint density at radius 1 is 0.389 bits per heavy atom. The van der Waals surface area contributed by atoms with Crippen LogP contribution in [0.2, 0.25) is 0 Å². The number of para-hydroxylation sites is 2. The molecule has 0 unspecified atom stereocenters. The summed E-state index contributed by atoms with van der Waals surface area (Å²) in [6.07, 6.45) is 9.17. The summed E-state index contributed by atoms with van der Waals surface area (Å²) < 4.78 is 7.22. The highest BCUT2D eigenvalue weighted by Gasteiger charge is 2.50. The van der Waals surface area contributed by atoms with Crippen LogP contribution in [0.25, 0.3) is 21.9 Å². The first-order valence-electron chi connectivity index (χ1n) is 34.4. The molecular weight excluding hydrogens is 1090 g/mol. The van der Waals surface area contributed by atoms with Gasteiger partial charge in [0.2, 0.25) is 0 Å². The third-order valence-corrected chi connectivity index (χ3v) is 24.4. The van der Waals surface area contributed by atoms with Crippen molar-refractivity contribution < 1.29 is 4.42 Å². The summed E-state index contributed by atoms with van der Waals surface area (Å²) in [5.74, 6) is 0. The van der Waals surface area contributed by atoms with E-state index in [-0.39, 0.29) is 55.4 Å². The molecule has 90 heavy (non-hydrogen) atoms. The van der Waals surface area contributed by atoms with E-state index >= 15 is 0 Å². The van der Waals surface area contributed by atoms with E-state index in [0.29, 0.717) is 0 Å². The molecule has 4 nitrogen and oxygen atoms in total. The molecule has 15 rings (SSSR count). The molecule has 9 aromatic rings. The molecule has 0 bridgehead atoms.